The van der Waals surface area contributed by atoms with E-state index < -0.39 is 0 Å². The van der Waals surface area contributed by atoms with Crippen LogP contribution in [0.2, 0.25) is 0 Å². The Bertz CT molecular complexity index is 2320. The second kappa shape index (κ2) is 13.5. The maximum atomic E-state index is 2.56. The zero-order valence-corrected chi connectivity index (χ0v) is 28.4. The quantitative estimate of drug-likeness (QED) is 0.158. The molecule has 238 valence electrons. The van der Waals surface area contributed by atoms with E-state index in [1.807, 2.05) is 0 Å². The lowest BCUT2D eigenvalue weighted by Crippen LogP contribution is -2.18. The van der Waals surface area contributed by atoms with Gasteiger partial charge in [0.2, 0.25) is 0 Å². The fraction of sp³-hybridized carbons (Fsp3) is 0.125. The Morgan fingerprint density at radius 3 is 1.92 bits per heavy atom. The molecule has 0 heterocycles. The van der Waals surface area contributed by atoms with Gasteiger partial charge < -0.3 is 4.90 Å². The molecule has 0 aromatic heterocycles. The van der Waals surface area contributed by atoms with Gasteiger partial charge in [-0.3, -0.25) is 0 Å². The van der Waals surface area contributed by atoms with Gasteiger partial charge in [0.1, 0.15) is 0 Å². The van der Waals surface area contributed by atoms with Crippen molar-refractivity contribution in [3.63, 3.8) is 0 Å². The van der Waals surface area contributed by atoms with Crippen molar-refractivity contribution in [2.45, 2.75) is 39.5 Å². The maximum Gasteiger partial charge on any atom is 0.0575 e. The van der Waals surface area contributed by atoms with Crippen LogP contribution in [0.25, 0.3) is 33.2 Å². The predicted molar refractivity (Wildman–Crippen MR) is 211 cm³/mol. The summed E-state index contributed by atoms with van der Waals surface area (Å²) in [5.41, 5.74) is 14.3. The second-order valence-corrected chi connectivity index (χ2v) is 13.3. The Morgan fingerprint density at radius 1 is 0.551 bits per heavy atom. The van der Waals surface area contributed by atoms with Crippen LogP contribution in [0.5, 0.6) is 0 Å². The molecule has 0 aliphatic heterocycles. The van der Waals surface area contributed by atoms with Crippen LogP contribution >= 0.6 is 0 Å². The highest BCUT2D eigenvalue weighted by Gasteiger charge is 2.28. The lowest BCUT2D eigenvalue weighted by molar-refractivity contribution is 0.686. The number of hydrogen-bond acceptors (Lipinski definition) is 1. The zero-order chi connectivity index (χ0) is 33.2. The molecule has 0 fully saturated rings. The van der Waals surface area contributed by atoms with Crippen LogP contribution in [0.3, 0.4) is 0 Å². The molecule has 1 aliphatic carbocycles. The molecule has 0 saturated heterocycles. The molecule has 1 heteroatoms. The first-order valence-corrected chi connectivity index (χ1v) is 17.6. The van der Waals surface area contributed by atoms with E-state index in [0.717, 1.165) is 12.8 Å². The monoisotopic (exact) mass is 631 g/mol. The molecule has 7 aromatic carbocycles. The molecule has 0 amide bonds. The van der Waals surface area contributed by atoms with Gasteiger partial charge in [-0.2, -0.15) is 0 Å². The van der Waals surface area contributed by atoms with Crippen molar-refractivity contribution < 1.29 is 0 Å². The Labute approximate surface area is 290 Å². The van der Waals surface area contributed by atoms with Gasteiger partial charge >= 0.3 is 0 Å². The van der Waals surface area contributed by atoms with E-state index in [9.17, 15) is 0 Å². The van der Waals surface area contributed by atoms with E-state index in [1.54, 1.807) is 0 Å². The van der Waals surface area contributed by atoms with E-state index in [4.69, 9.17) is 0 Å². The third-order valence-corrected chi connectivity index (χ3v) is 10.0. The minimum atomic E-state index is 1.05. The van der Waals surface area contributed by atoms with Crippen molar-refractivity contribution in [2.24, 2.45) is 0 Å². The molecule has 0 N–H and O–H groups in total. The second-order valence-electron chi connectivity index (χ2n) is 13.3. The Hall–Kier alpha value is -5.66. The number of benzene rings is 7. The molecule has 0 bridgehead atoms. The van der Waals surface area contributed by atoms with Crippen molar-refractivity contribution in [3.8, 4) is 0 Å². The summed E-state index contributed by atoms with van der Waals surface area (Å²) in [7, 11) is 0. The third-order valence-electron chi connectivity index (χ3n) is 10.0. The molecule has 7 aromatic rings. The summed E-state index contributed by atoms with van der Waals surface area (Å²) in [6.07, 6.45) is 11.3. The minimum absolute atomic E-state index is 1.05. The van der Waals surface area contributed by atoms with Gasteiger partial charge in [-0.05, 0) is 102 Å². The Morgan fingerprint density at radius 2 is 1.16 bits per heavy atom. The molecule has 0 spiro atoms. The van der Waals surface area contributed by atoms with Gasteiger partial charge in [0, 0.05) is 16.5 Å². The van der Waals surface area contributed by atoms with Crippen LogP contribution in [0.1, 0.15) is 51.8 Å². The fourth-order valence-corrected chi connectivity index (χ4v) is 7.60. The Balaban J connectivity index is 1.44. The lowest BCUT2D eigenvalue weighted by Gasteiger charge is -2.34. The summed E-state index contributed by atoms with van der Waals surface area (Å²) in [4.78, 5) is 2.56. The summed E-state index contributed by atoms with van der Waals surface area (Å²) in [6.45, 7) is 4.34. The smallest absolute Gasteiger partial charge is 0.0575 e. The fourth-order valence-electron chi connectivity index (χ4n) is 7.60. The normalized spacial score (nSPS) is 13.2. The highest BCUT2D eigenvalue weighted by Crippen LogP contribution is 2.49. The van der Waals surface area contributed by atoms with Gasteiger partial charge in [-0.1, -0.05) is 157 Å². The van der Waals surface area contributed by atoms with Crippen molar-refractivity contribution >= 4 is 50.3 Å². The molecule has 1 nitrogen and oxygen atoms in total. The van der Waals surface area contributed by atoms with Crippen molar-refractivity contribution in [1.82, 2.24) is 0 Å². The number of hydrogen-bond donors (Lipinski definition) is 0. The van der Waals surface area contributed by atoms with Gasteiger partial charge in [0.15, 0.2) is 0 Å². The van der Waals surface area contributed by atoms with Crippen LogP contribution in [-0.2, 0) is 12.8 Å². The third kappa shape index (κ3) is 5.98. The summed E-state index contributed by atoms with van der Waals surface area (Å²) in [6, 6.07) is 53.4. The van der Waals surface area contributed by atoms with E-state index in [1.165, 1.54) is 96.0 Å². The van der Waals surface area contributed by atoms with E-state index in [0.29, 0.717) is 0 Å². The van der Waals surface area contributed by atoms with Gasteiger partial charge in [0.05, 0.1) is 11.4 Å². The molecule has 0 radical (unpaired) electrons. The first kappa shape index (κ1) is 30.7. The van der Waals surface area contributed by atoms with Crippen LogP contribution in [0.15, 0.2) is 158 Å². The largest absolute Gasteiger partial charge is 0.309 e. The van der Waals surface area contributed by atoms with E-state index in [2.05, 4.69) is 183 Å². The van der Waals surface area contributed by atoms with Crippen molar-refractivity contribution in [1.29, 1.82) is 0 Å². The van der Waals surface area contributed by atoms with Crippen molar-refractivity contribution in [3.05, 3.63) is 197 Å². The van der Waals surface area contributed by atoms with Gasteiger partial charge in [0.25, 0.3) is 0 Å². The Kier molecular flexibility index (Phi) is 8.42. The zero-order valence-electron chi connectivity index (χ0n) is 28.4. The summed E-state index contributed by atoms with van der Waals surface area (Å²) in [5, 5.41) is 5.10. The average molecular weight is 632 g/mol. The minimum Gasteiger partial charge on any atom is -0.309 e. The van der Waals surface area contributed by atoms with E-state index >= 15 is 0 Å². The van der Waals surface area contributed by atoms with E-state index in [-0.39, 0.29) is 0 Å². The number of fused-ring (bicyclic) bond motifs is 3. The molecule has 0 saturated carbocycles. The first-order valence-electron chi connectivity index (χ1n) is 17.6. The van der Waals surface area contributed by atoms with Crippen LogP contribution in [-0.4, -0.2) is 0 Å². The highest BCUT2D eigenvalue weighted by molar-refractivity contribution is 6.11. The predicted octanol–water partition coefficient (Wildman–Crippen LogP) is 13.1. The molecule has 0 unspecified atom stereocenters. The van der Waals surface area contributed by atoms with Crippen LogP contribution in [0.4, 0.5) is 17.1 Å². The first-order chi connectivity index (χ1) is 24.2. The number of anilines is 3. The number of allylic oxidation sites excluding steroid dienone is 2. The molecular weight excluding hydrogens is 591 g/mol. The van der Waals surface area contributed by atoms with Crippen LogP contribution in [0, 0.1) is 13.8 Å². The maximum absolute atomic E-state index is 2.56. The van der Waals surface area contributed by atoms with Crippen molar-refractivity contribution in [2.75, 3.05) is 4.90 Å². The molecule has 1 aliphatic rings. The SMILES string of the molecule is Cc1ccc(C(=CC=Cc2ccccc2)c2c3c(c(N(c4ccc(C)cc4)c4cccc5ccccc45)c4ccccc24)CCCC3)cc1. The molecule has 8 rings (SSSR count). The summed E-state index contributed by atoms with van der Waals surface area (Å²) >= 11 is 0. The molecule has 49 heavy (non-hydrogen) atoms. The number of aryl methyl sites for hydroxylation is 2. The lowest BCUT2D eigenvalue weighted by atomic mass is 9.79. The summed E-state index contributed by atoms with van der Waals surface area (Å²) in [5.74, 6) is 0. The standard InChI is InChI=1S/C48H41N/c1-34-26-30-38(31-27-34)41(24-12-16-36-14-4-3-5-15-36)47-42-20-8-10-22-44(42)48(45-23-11-9-21-43(45)47)49(39-32-28-35(2)29-33-39)46-25-13-18-37-17-6-7-19-40(37)46/h3-8,10,12-20,22,24-33H,9,11,21,23H2,1-2H3. The highest BCUT2D eigenvalue weighted by atomic mass is 15.1. The number of nitrogens with zero attached hydrogens (tertiary/aromatic N) is 1. The number of rotatable bonds is 7. The molecule has 0 atom stereocenters. The van der Waals surface area contributed by atoms with Gasteiger partial charge in [-0.15, -0.1) is 0 Å². The topological polar surface area (TPSA) is 3.24 Å². The van der Waals surface area contributed by atoms with Gasteiger partial charge in [-0.25, -0.2) is 0 Å². The molecular formula is C48H41N. The van der Waals surface area contributed by atoms with Crippen LogP contribution < -0.4 is 4.90 Å². The average Bonchev–Trinajstić information content (AvgIpc) is 3.15. The summed E-state index contributed by atoms with van der Waals surface area (Å²) < 4.78 is 0.